The van der Waals surface area contributed by atoms with Crippen LogP contribution in [0.3, 0.4) is 0 Å². The molecule has 0 aliphatic heterocycles. The normalized spacial score (nSPS) is 10.8. The monoisotopic (exact) mass is 988 g/mol. The first kappa shape index (κ1) is 49.9. The van der Waals surface area contributed by atoms with Crippen molar-refractivity contribution in [2.24, 2.45) is 0 Å². The Balaban J connectivity index is -0.000000154. The van der Waals surface area contributed by atoms with E-state index in [1.165, 1.54) is 0 Å². The van der Waals surface area contributed by atoms with E-state index in [2.05, 4.69) is 126 Å². The molecule has 236 valence electrons. The third kappa shape index (κ3) is 32.0. The molecule has 0 radical (unpaired) electrons. The maximum absolute atomic E-state index is 6.07. The summed E-state index contributed by atoms with van der Waals surface area (Å²) in [5, 5.41) is 0. The SMILES string of the molecule is C=C=CC(C)(C)OC(C)(C)C=C=C.C=C=C[Si](C)(C)O[Si](C)(C)C=C=C.C=C=C[Si](C)(C)O[Si](C)(C)C=C=C.[Pt].[Pt]. The number of ether oxygens (including phenoxy) is 1. The average Bonchev–Trinajstić information content (AvgIpc) is 2.65. The van der Waals surface area contributed by atoms with E-state index in [9.17, 15) is 0 Å². The zero-order chi connectivity index (χ0) is 31.6. The molecule has 41 heavy (non-hydrogen) atoms. The van der Waals surface area contributed by atoms with Crippen LogP contribution in [0.4, 0.5) is 0 Å². The Morgan fingerprint density at radius 1 is 0.439 bits per heavy atom. The molecule has 0 unspecified atom stereocenters. The first-order chi connectivity index (χ1) is 17.5. The van der Waals surface area contributed by atoms with Crippen LogP contribution in [-0.2, 0) is 55.1 Å². The molecule has 0 saturated carbocycles. The molecule has 0 amide bonds. The van der Waals surface area contributed by atoms with Gasteiger partial charge in [0.2, 0.25) is 33.3 Å². The molecule has 0 saturated heterocycles. The summed E-state index contributed by atoms with van der Waals surface area (Å²) in [7, 11) is -6.85. The Hall–Kier alpha value is -0.756. The molecule has 3 nitrogen and oxygen atoms in total. The second kappa shape index (κ2) is 22.7. The molecule has 0 aromatic heterocycles. The van der Waals surface area contributed by atoms with E-state index >= 15 is 0 Å². The minimum absolute atomic E-state index is 0. The van der Waals surface area contributed by atoms with Crippen molar-refractivity contribution in [3.05, 3.63) is 109 Å². The minimum atomic E-state index is -1.71. The minimum Gasteiger partial charge on any atom is -0.449 e. The summed E-state index contributed by atoms with van der Waals surface area (Å²) in [6.07, 6.45) is 3.59. The molecule has 0 spiro atoms. The summed E-state index contributed by atoms with van der Waals surface area (Å²) >= 11 is 0. The van der Waals surface area contributed by atoms with Crippen LogP contribution in [0, 0.1) is 0 Å². The van der Waals surface area contributed by atoms with Gasteiger partial charge in [-0.15, -0.1) is 34.4 Å². The molecule has 0 aliphatic rings. The van der Waals surface area contributed by atoms with Crippen LogP contribution in [0.5, 0.6) is 0 Å². The third-order valence-electron chi connectivity index (χ3n) is 4.28. The summed E-state index contributed by atoms with van der Waals surface area (Å²) in [4.78, 5) is 0. The molecule has 0 fully saturated rings. The quantitative estimate of drug-likeness (QED) is 0.144. The fourth-order valence-corrected chi connectivity index (χ4v) is 17.4. The molecule has 0 atom stereocenters. The van der Waals surface area contributed by atoms with E-state index in [1.807, 2.05) is 50.5 Å². The van der Waals surface area contributed by atoms with Gasteiger partial charge in [0.25, 0.3) is 0 Å². The van der Waals surface area contributed by atoms with Gasteiger partial charge in [-0.3, -0.25) is 0 Å². The van der Waals surface area contributed by atoms with Crippen molar-refractivity contribution in [2.45, 2.75) is 91.3 Å². The van der Waals surface area contributed by atoms with Crippen molar-refractivity contribution < 1.29 is 55.1 Å². The van der Waals surface area contributed by atoms with Gasteiger partial charge in [0, 0.05) is 42.1 Å². The van der Waals surface area contributed by atoms with Crippen molar-refractivity contribution >= 4 is 33.3 Å². The van der Waals surface area contributed by atoms with Gasteiger partial charge < -0.3 is 13.0 Å². The first-order valence-corrected chi connectivity index (χ1v) is 24.8. The van der Waals surface area contributed by atoms with Gasteiger partial charge in [-0.05, 0) is 115 Å². The van der Waals surface area contributed by atoms with Gasteiger partial charge in [-0.1, -0.05) is 39.5 Å². The van der Waals surface area contributed by atoms with Crippen molar-refractivity contribution in [2.75, 3.05) is 0 Å². The molecule has 0 bridgehead atoms. The second-order valence-corrected chi connectivity index (χ2v) is 27.6. The number of hydrogen-bond acceptors (Lipinski definition) is 3. The molecular formula is C32H54O3Pt2Si4. The first-order valence-electron chi connectivity index (χ1n) is 12.8. The maximum Gasteiger partial charge on any atom is 0.206 e. The predicted molar refractivity (Wildman–Crippen MR) is 184 cm³/mol. The van der Waals surface area contributed by atoms with E-state index in [1.54, 1.807) is 12.2 Å². The maximum atomic E-state index is 6.07. The van der Waals surface area contributed by atoms with Crippen molar-refractivity contribution in [1.29, 1.82) is 0 Å². The van der Waals surface area contributed by atoms with Crippen LogP contribution in [0.25, 0.3) is 0 Å². The van der Waals surface area contributed by atoms with Gasteiger partial charge >= 0.3 is 0 Å². The topological polar surface area (TPSA) is 27.7 Å². The zero-order valence-electron chi connectivity index (χ0n) is 27.6. The molecule has 9 heteroatoms. The van der Waals surface area contributed by atoms with E-state index in [4.69, 9.17) is 13.0 Å². The van der Waals surface area contributed by atoms with Crippen LogP contribution in [0.2, 0.25) is 52.4 Å². The summed E-state index contributed by atoms with van der Waals surface area (Å²) in [5.74, 6) is 0. The van der Waals surface area contributed by atoms with Crippen LogP contribution < -0.4 is 0 Å². The number of hydrogen-bond donors (Lipinski definition) is 0. The van der Waals surface area contributed by atoms with Crippen molar-refractivity contribution in [3.8, 4) is 0 Å². The van der Waals surface area contributed by atoms with Gasteiger partial charge in [0.15, 0.2) is 0 Å². The Morgan fingerprint density at radius 2 is 0.634 bits per heavy atom. The van der Waals surface area contributed by atoms with E-state index in [0.717, 1.165) is 0 Å². The Kier molecular flexibility index (Phi) is 27.7. The largest absolute Gasteiger partial charge is 0.449 e. The van der Waals surface area contributed by atoms with E-state index < -0.39 is 33.3 Å². The summed E-state index contributed by atoms with van der Waals surface area (Å²) in [5.41, 5.74) is 23.8. The molecule has 0 aromatic rings. The Bertz CT molecular complexity index is 860. The van der Waals surface area contributed by atoms with Gasteiger partial charge in [-0.2, -0.15) is 0 Å². The van der Waals surface area contributed by atoms with Gasteiger partial charge in [0.1, 0.15) is 0 Å². The van der Waals surface area contributed by atoms with Crippen LogP contribution in [0.1, 0.15) is 27.7 Å². The zero-order valence-corrected chi connectivity index (χ0v) is 36.1. The molecule has 0 rings (SSSR count). The van der Waals surface area contributed by atoms with Crippen LogP contribution in [-0.4, -0.2) is 44.5 Å². The smallest absolute Gasteiger partial charge is 0.206 e. The number of rotatable bonds is 12. The summed E-state index contributed by atoms with van der Waals surface area (Å²) in [6.45, 7) is 46.3. The van der Waals surface area contributed by atoms with Crippen LogP contribution in [0.15, 0.2) is 109 Å². The molecule has 0 aromatic carbocycles. The standard InChI is InChI=1S/C12H18O.2C10H18OSi2.2Pt/c1-7-9-11(3,4)13-12(5,6)10-8-2;2*1-7-9-12(3,4)11-13(5,6)10-8-2;;/h3*9-10H,1-2H2,3-6H3;;. The fourth-order valence-electron chi connectivity index (χ4n) is 3.69. The second-order valence-electron chi connectivity index (χ2n) is 12.0. The molecule has 0 aliphatic carbocycles. The van der Waals surface area contributed by atoms with Crippen LogP contribution >= 0.6 is 0 Å². The van der Waals surface area contributed by atoms with Crippen molar-refractivity contribution in [3.63, 3.8) is 0 Å². The Morgan fingerprint density at radius 3 is 0.780 bits per heavy atom. The fraction of sp³-hybridized carbons (Fsp3) is 0.438. The van der Waals surface area contributed by atoms with E-state index in [0.29, 0.717) is 0 Å². The van der Waals surface area contributed by atoms with Gasteiger partial charge in [-0.25, -0.2) is 0 Å². The summed E-state index contributed by atoms with van der Waals surface area (Å²) < 4.78 is 17.9. The van der Waals surface area contributed by atoms with E-state index in [-0.39, 0.29) is 53.3 Å². The summed E-state index contributed by atoms with van der Waals surface area (Å²) in [6, 6.07) is 0. The van der Waals surface area contributed by atoms with Crippen molar-refractivity contribution in [1.82, 2.24) is 0 Å². The molecule has 0 N–H and O–H groups in total. The van der Waals surface area contributed by atoms with Gasteiger partial charge in [0.05, 0.1) is 11.2 Å². The molecular weight excluding hydrogens is 935 g/mol. The average molecular weight is 989 g/mol. The molecule has 0 heterocycles. The third-order valence-corrected chi connectivity index (χ3v) is 16.3. The predicted octanol–water partition coefficient (Wildman–Crippen LogP) is 9.59. The Labute approximate surface area is 286 Å².